The first-order valence-corrected chi connectivity index (χ1v) is 16.4. The zero-order valence-corrected chi connectivity index (χ0v) is 30.2. The Morgan fingerprint density at radius 1 is 0.875 bits per heavy atom. The minimum Gasteiger partial charge on any atom is -0.477 e. The molecule has 229 valence electrons. The van der Waals surface area contributed by atoms with Crippen molar-refractivity contribution < 1.29 is 45.2 Å². The fourth-order valence-electron chi connectivity index (χ4n) is 2.46. The van der Waals surface area contributed by atoms with Gasteiger partial charge in [-0.2, -0.15) is 0 Å². The molecular weight excluding hydrogens is 755 g/mol. The Labute approximate surface area is 271 Å². The molecular formula is C22H37Br2ClN6O6S2V. The predicted molar refractivity (Wildman–Crippen MR) is 160 cm³/mol. The van der Waals surface area contributed by atoms with Crippen LogP contribution in [-0.4, -0.2) is 110 Å². The Balaban J connectivity index is 0. The monoisotopic (exact) mass is 789 g/mol. The van der Waals surface area contributed by atoms with E-state index in [4.69, 9.17) is 21.4 Å². The molecule has 2 aromatic heterocycles. The van der Waals surface area contributed by atoms with Gasteiger partial charge in [0, 0.05) is 53.0 Å². The SMILES string of the molecule is CN(C)CCCO.CNS(=O)(=O)c1cc(Br)cnc1Cl.CNS(=O)(=O)c1cc(Br)cnc1OCCCN(C)C.[V]. The molecule has 0 bridgehead atoms. The van der Waals surface area contributed by atoms with Crippen LogP contribution in [0.5, 0.6) is 5.88 Å². The second kappa shape index (κ2) is 21.3. The Bertz CT molecular complexity index is 1230. The predicted octanol–water partition coefficient (Wildman–Crippen LogP) is 2.42. The maximum Gasteiger partial charge on any atom is 0.245 e. The van der Waals surface area contributed by atoms with Crippen LogP contribution in [0.3, 0.4) is 0 Å². The van der Waals surface area contributed by atoms with Crippen LogP contribution in [0, 0.1) is 0 Å². The Kier molecular flexibility index (Phi) is 22.3. The molecule has 18 heteroatoms. The van der Waals surface area contributed by atoms with Crippen molar-refractivity contribution in [3.05, 3.63) is 38.6 Å². The van der Waals surface area contributed by atoms with Gasteiger partial charge in [0.2, 0.25) is 25.9 Å². The molecule has 0 fully saturated rings. The van der Waals surface area contributed by atoms with Crippen molar-refractivity contribution in [1.82, 2.24) is 29.2 Å². The molecule has 1 radical (unpaired) electrons. The van der Waals surface area contributed by atoms with Crippen LogP contribution in [0.1, 0.15) is 12.8 Å². The number of nitrogens with one attached hydrogen (secondary N) is 2. The minimum absolute atomic E-state index is 0. The van der Waals surface area contributed by atoms with Gasteiger partial charge in [-0.15, -0.1) is 0 Å². The molecule has 2 heterocycles. The fraction of sp³-hybridized carbons (Fsp3) is 0.545. The van der Waals surface area contributed by atoms with E-state index in [2.05, 4.69) is 56.2 Å². The van der Waals surface area contributed by atoms with E-state index < -0.39 is 20.0 Å². The van der Waals surface area contributed by atoms with Gasteiger partial charge < -0.3 is 19.6 Å². The molecule has 0 amide bonds. The van der Waals surface area contributed by atoms with Crippen molar-refractivity contribution in [3.63, 3.8) is 0 Å². The van der Waals surface area contributed by atoms with E-state index in [0.717, 1.165) is 25.9 Å². The zero-order valence-electron chi connectivity index (χ0n) is 23.2. The number of hydrogen-bond donors (Lipinski definition) is 3. The van der Waals surface area contributed by atoms with Crippen molar-refractivity contribution in [2.45, 2.75) is 22.6 Å². The summed E-state index contributed by atoms with van der Waals surface area (Å²) in [5.74, 6) is 0.122. The van der Waals surface area contributed by atoms with Gasteiger partial charge in [0.05, 0.1) is 6.61 Å². The summed E-state index contributed by atoms with van der Waals surface area (Å²) >= 11 is 11.9. The Morgan fingerprint density at radius 3 is 1.77 bits per heavy atom. The second-order valence-electron chi connectivity index (χ2n) is 8.20. The fourth-order valence-corrected chi connectivity index (χ4v) is 5.45. The number of pyridine rings is 2. The maximum atomic E-state index is 11.9. The third-order valence-corrected chi connectivity index (χ3v) is 8.54. The van der Waals surface area contributed by atoms with Gasteiger partial charge in [-0.25, -0.2) is 36.2 Å². The number of aliphatic hydroxyl groups excluding tert-OH is 1. The van der Waals surface area contributed by atoms with Gasteiger partial charge in [0.15, 0.2) is 0 Å². The summed E-state index contributed by atoms with van der Waals surface area (Å²) in [6.45, 7) is 2.57. The summed E-state index contributed by atoms with van der Waals surface area (Å²) in [7, 11) is 3.48. The van der Waals surface area contributed by atoms with Crippen LogP contribution in [0.4, 0.5) is 0 Å². The molecule has 2 aromatic rings. The van der Waals surface area contributed by atoms with E-state index in [0.29, 0.717) is 22.2 Å². The molecule has 0 spiro atoms. The first kappa shape index (κ1) is 41.8. The molecule has 0 aromatic carbocycles. The summed E-state index contributed by atoms with van der Waals surface area (Å²) in [6, 6.07) is 2.86. The molecule has 0 aliphatic carbocycles. The molecule has 40 heavy (non-hydrogen) atoms. The number of rotatable bonds is 12. The number of aliphatic hydroxyl groups is 1. The van der Waals surface area contributed by atoms with Crippen LogP contribution in [0.2, 0.25) is 5.15 Å². The van der Waals surface area contributed by atoms with Crippen LogP contribution in [-0.2, 0) is 38.6 Å². The summed E-state index contributed by atoms with van der Waals surface area (Å²) in [6.07, 6.45) is 4.61. The van der Waals surface area contributed by atoms with Gasteiger partial charge in [-0.1, -0.05) is 11.6 Å². The minimum atomic E-state index is -3.58. The zero-order chi connectivity index (χ0) is 30.2. The largest absolute Gasteiger partial charge is 0.477 e. The first-order chi connectivity index (χ1) is 18.1. The maximum absolute atomic E-state index is 11.9. The van der Waals surface area contributed by atoms with E-state index in [1.165, 1.54) is 38.6 Å². The van der Waals surface area contributed by atoms with Crippen LogP contribution < -0.4 is 14.2 Å². The van der Waals surface area contributed by atoms with Crippen molar-refractivity contribution in [1.29, 1.82) is 0 Å². The molecule has 0 aliphatic heterocycles. The second-order valence-corrected chi connectivity index (χ2v) is 14.1. The molecule has 2 rings (SSSR count). The van der Waals surface area contributed by atoms with E-state index in [1.54, 1.807) is 0 Å². The molecule has 3 N–H and O–H groups in total. The third-order valence-electron chi connectivity index (χ3n) is 4.43. The molecule has 0 saturated heterocycles. The number of hydrogen-bond acceptors (Lipinski definition) is 10. The third kappa shape index (κ3) is 16.9. The Morgan fingerprint density at radius 2 is 1.32 bits per heavy atom. The summed E-state index contributed by atoms with van der Waals surface area (Å²) in [5.41, 5.74) is 0. The van der Waals surface area contributed by atoms with Gasteiger partial charge in [-0.3, -0.25) is 0 Å². The normalized spacial score (nSPS) is 11.2. The van der Waals surface area contributed by atoms with E-state index >= 15 is 0 Å². The average Bonchev–Trinajstić information content (AvgIpc) is 2.88. The van der Waals surface area contributed by atoms with Crippen molar-refractivity contribution >= 4 is 63.5 Å². The summed E-state index contributed by atoms with van der Waals surface area (Å²) in [4.78, 5) is 11.8. The van der Waals surface area contributed by atoms with Crippen LogP contribution >= 0.6 is 43.5 Å². The molecule has 12 nitrogen and oxygen atoms in total. The van der Waals surface area contributed by atoms with Crippen molar-refractivity contribution in [2.24, 2.45) is 0 Å². The van der Waals surface area contributed by atoms with Gasteiger partial charge in [0.1, 0.15) is 14.9 Å². The van der Waals surface area contributed by atoms with Crippen molar-refractivity contribution in [2.75, 3.05) is 68.6 Å². The summed E-state index contributed by atoms with van der Waals surface area (Å²) < 4.78 is 57.4. The number of sulfonamides is 2. The van der Waals surface area contributed by atoms with E-state index in [-0.39, 0.29) is 39.4 Å². The van der Waals surface area contributed by atoms with Gasteiger partial charge in [0.25, 0.3) is 0 Å². The summed E-state index contributed by atoms with van der Waals surface area (Å²) in [5, 5.41) is 8.24. The molecule has 0 saturated carbocycles. The average molecular weight is 792 g/mol. The smallest absolute Gasteiger partial charge is 0.245 e. The van der Waals surface area contributed by atoms with Gasteiger partial charge >= 0.3 is 0 Å². The van der Waals surface area contributed by atoms with E-state index in [9.17, 15) is 16.8 Å². The van der Waals surface area contributed by atoms with Gasteiger partial charge in [-0.05, 0) is 106 Å². The Hall–Kier alpha value is -0.366. The quantitative estimate of drug-likeness (QED) is 0.216. The number of nitrogens with zero attached hydrogens (tertiary/aromatic N) is 4. The number of halogens is 3. The molecule has 0 unspecified atom stereocenters. The van der Waals surface area contributed by atoms with Crippen LogP contribution in [0.25, 0.3) is 0 Å². The van der Waals surface area contributed by atoms with E-state index in [1.807, 2.05) is 33.1 Å². The number of aromatic nitrogens is 2. The van der Waals surface area contributed by atoms with Crippen LogP contribution in [0.15, 0.2) is 43.3 Å². The number of ether oxygens (including phenoxy) is 1. The first-order valence-electron chi connectivity index (χ1n) is 11.5. The van der Waals surface area contributed by atoms with Crippen molar-refractivity contribution in [3.8, 4) is 5.88 Å². The molecule has 0 atom stereocenters. The molecule has 0 aliphatic rings. The topological polar surface area (TPSA) is 154 Å². The standard InChI is InChI=1S/C11H18BrN3O3S.C6H6BrClN2O2S.C5H13NO.V/c1-13-19(16,17)10-7-9(12)8-14-11(10)18-6-4-5-15(2)3;1-9-13(11,12)5-2-4(7)3-10-6(5)8;1-6(2)4-3-5-7;/h7-8,13H,4-6H2,1-3H3;2-3,9H,1H3;7H,3-5H2,1-2H3;.